The van der Waals surface area contributed by atoms with Crippen LogP contribution in [0.5, 0.6) is 0 Å². The van der Waals surface area contributed by atoms with Crippen LogP contribution >= 0.6 is 0 Å². The van der Waals surface area contributed by atoms with Crippen LogP contribution in [0.1, 0.15) is 44.6 Å². The third-order valence-electron chi connectivity index (χ3n) is 5.58. The lowest BCUT2D eigenvalue weighted by atomic mass is 9.85. The van der Waals surface area contributed by atoms with E-state index in [2.05, 4.69) is 12.2 Å². The number of imide groups is 1. The van der Waals surface area contributed by atoms with Gasteiger partial charge < -0.3 is 10.1 Å². The highest BCUT2D eigenvalue weighted by Gasteiger charge is 2.41. The van der Waals surface area contributed by atoms with E-state index >= 15 is 0 Å². The molecule has 2 heterocycles. The molecule has 0 radical (unpaired) electrons. The number of nitrogens with zero attached hydrogens (tertiary/aromatic N) is 1. The average Bonchev–Trinajstić information content (AvgIpc) is 3.02. The van der Waals surface area contributed by atoms with Gasteiger partial charge in [-0.2, -0.15) is 0 Å². The minimum atomic E-state index is -0.470. The molecule has 1 N–H and O–H groups in total. The van der Waals surface area contributed by atoms with E-state index in [4.69, 9.17) is 4.74 Å². The Morgan fingerprint density at radius 3 is 2.69 bits per heavy atom. The second-order valence-corrected chi connectivity index (χ2v) is 7.54. The van der Waals surface area contributed by atoms with E-state index in [1.165, 1.54) is 4.90 Å². The summed E-state index contributed by atoms with van der Waals surface area (Å²) in [5, 5.41) is 3.38. The van der Waals surface area contributed by atoms with Crippen LogP contribution in [-0.4, -0.2) is 42.6 Å². The molecule has 2 atom stereocenters. The summed E-state index contributed by atoms with van der Waals surface area (Å²) in [5.41, 5.74) is 1.12. The van der Waals surface area contributed by atoms with E-state index < -0.39 is 6.09 Å². The molecule has 2 saturated heterocycles. The van der Waals surface area contributed by atoms with Crippen molar-refractivity contribution in [3.8, 4) is 0 Å². The van der Waals surface area contributed by atoms with Crippen LogP contribution in [0, 0.1) is 11.8 Å². The van der Waals surface area contributed by atoms with Crippen LogP contribution in [0.25, 0.3) is 0 Å². The summed E-state index contributed by atoms with van der Waals surface area (Å²) < 4.78 is 5.25. The molecule has 5 heteroatoms. The van der Waals surface area contributed by atoms with Gasteiger partial charge in [0.15, 0.2) is 0 Å². The number of benzene rings is 1. The van der Waals surface area contributed by atoms with Crippen LogP contribution in [0.2, 0.25) is 0 Å². The summed E-state index contributed by atoms with van der Waals surface area (Å²) in [6, 6.07) is 9.81. The quantitative estimate of drug-likeness (QED) is 0.812. The highest BCUT2D eigenvalue weighted by molar-refractivity contribution is 5.94. The fraction of sp³-hybridized carbons (Fsp3) is 0.619. The van der Waals surface area contributed by atoms with Gasteiger partial charge in [0, 0.05) is 5.92 Å². The molecule has 1 aromatic carbocycles. The van der Waals surface area contributed by atoms with Crippen molar-refractivity contribution in [2.45, 2.75) is 51.5 Å². The van der Waals surface area contributed by atoms with E-state index in [9.17, 15) is 9.59 Å². The fourth-order valence-corrected chi connectivity index (χ4v) is 4.17. The zero-order chi connectivity index (χ0) is 18.4. The van der Waals surface area contributed by atoms with Gasteiger partial charge in [0.2, 0.25) is 5.91 Å². The molecule has 1 aromatic rings. The molecule has 0 aromatic heterocycles. The number of piperidine rings is 1. The molecule has 2 amide bonds. The Bertz CT molecular complexity index is 599. The molecule has 2 fully saturated rings. The van der Waals surface area contributed by atoms with Gasteiger partial charge in [0.05, 0.1) is 6.04 Å². The zero-order valence-electron chi connectivity index (χ0n) is 15.7. The Labute approximate surface area is 156 Å². The Hall–Kier alpha value is -1.88. The molecule has 142 valence electrons. The maximum Gasteiger partial charge on any atom is 0.416 e. The van der Waals surface area contributed by atoms with Crippen LogP contribution in [0.3, 0.4) is 0 Å². The molecule has 2 aliphatic heterocycles. The van der Waals surface area contributed by atoms with Gasteiger partial charge in [0.1, 0.15) is 6.61 Å². The number of nitrogens with one attached hydrogen (secondary N) is 1. The first-order valence-corrected chi connectivity index (χ1v) is 9.93. The number of carbonyl (C=O) groups is 2. The van der Waals surface area contributed by atoms with Crippen molar-refractivity contribution in [1.82, 2.24) is 10.2 Å². The SMILES string of the molecule is CCC[C@H](CC1CCNCC1)C(=O)N1C(=O)OC[C@H]1Cc1ccccc1. The number of amides is 2. The highest BCUT2D eigenvalue weighted by atomic mass is 16.6. The van der Waals surface area contributed by atoms with E-state index in [0.717, 1.165) is 50.8 Å². The van der Waals surface area contributed by atoms with Gasteiger partial charge in [-0.1, -0.05) is 43.7 Å². The van der Waals surface area contributed by atoms with Gasteiger partial charge in [-0.25, -0.2) is 9.69 Å². The minimum Gasteiger partial charge on any atom is -0.447 e. The third kappa shape index (κ3) is 4.64. The van der Waals surface area contributed by atoms with Crippen molar-refractivity contribution in [2.75, 3.05) is 19.7 Å². The largest absolute Gasteiger partial charge is 0.447 e. The number of rotatable bonds is 7. The van der Waals surface area contributed by atoms with Gasteiger partial charge in [0.25, 0.3) is 0 Å². The first-order valence-electron chi connectivity index (χ1n) is 9.93. The monoisotopic (exact) mass is 358 g/mol. The predicted molar refractivity (Wildman–Crippen MR) is 101 cm³/mol. The predicted octanol–water partition coefficient (Wildman–Crippen LogP) is 3.38. The number of hydrogen-bond acceptors (Lipinski definition) is 4. The summed E-state index contributed by atoms with van der Waals surface area (Å²) >= 11 is 0. The summed E-state index contributed by atoms with van der Waals surface area (Å²) in [6.45, 7) is 4.46. The Balaban J connectivity index is 1.69. The first kappa shape index (κ1) is 18.9. The van der Waals surface area contributed by atoms with Crippen molar-refractivity contribution in [1.29, 1.82) is 0 Å². The van der Waals surface area contributed by atoms with Crippen molar-refractivity contribution >= 4 is 12.0 Å². The second kappa shape index (κ2) is 9.17. The minimum absolute atomic E-state index is 0.0335. The lowest BCUT2D eigenvalue weighted by molar-refractivity contribution is -0.134. The molecule has 0 bridgehead atoms. The topological polar surface area (TPSA) is 58.6 Å². The van der Waals surface area contributed by atoms with Crippen LogP contribution in [0.15, 0.2) is 30.3 Å². The second-order valence-electron chi connectivity index (χ2n) is 7.54. The molecule has 0 unspecified atom stereocenters. The van der Waals surface area contributed by atoms with E-state index in [1.807, 2.05) is 30.3 Å². The van der Waals surface area contributed by atoms with Crippen molar-refractivity contribution in [3.05, 3.63) is 35.9 Å². The standard InChI is InChI=1S/C21H30N2O3/c1-2-6-18(13-17-9-11-22-12-10-17)20(24)23-19(15-26-21(23)25)14-16-7-4-3-5-8-16/h3-5,7-8,17-19,22H,2,6,9-15H2,1H3/t18-,19-/m1/s1. The molecule has 5 nitrogen and oxygen atoms in total. The Morgan fingerprint density at radius 1 is 1.27 bits per heavy atom. The molecule has 0 aliphatic carbocycles. The fourth-order valence-electron chi connectivity index (χ4n) is 4.17. The highest BCUT2D eigenvalue weighted by Crippen LogP contribution is 2.28. The van der Waals surface area contributed by atoms with Crippen molar-refractivity contribution < 1.29 is 14.3 Å². The Kier molecular flexibility index (Phi) is 6.67. The number of carbonyl (C=O) groups excluding carboxylic acids is 2. The van der Waals surface area contributed by atoms with E-state index in [-0.39, 0.29) is 17.9 Å². The number of cyclic esters (lactones) is 1. The lowest BCUT2D eigenvalue weighted by Gasteiger charge is -2.29. The maximum atomic E-state index is 13.2. The molecular weight excluding hydrogens is 328 g/mol. The number of hydrogen-bond donors (Lipinski definition) is 1. The summed E-state index contributed by atoms with van der Waals surface area (Å²) in [6.07, 6.45) is 5.10. The van der Waals surface area contributed by atoms with E-state index in [1.54, 1.807) is 0 Å². The van der Waals surface area contributed by atoms with Crippen molar-refractivity contribution in [2.24, 2.45) is 11.8 Å². The van der Waals surface area contributed by atoms with Crippen molar-refractivity contribution in [3.63, 3.8) is 0 Å². The smallest absolute Gasteiger partial charge is 0.416 e. The molecule has 2 aliphatic rings. The molecule has 0 saturated carbocycles. The Morgan fingerprint density at radius 2 is 2.00 bits per heavy atom. The molecule has 0 spiro atoms. The third-order valence-corrected chi connectivity index (χ3v) is 5.58. The van der Waals surface area contributed by atoms with Gasteiger partial charge in [-0.15, -0.1) is 0 Å². The van der Waals surface area contributed by atoms with Crippen LogP contribution in [0.4, 0.5) is 4.79 Å². The van der Waals surface area contributed by atoms with Gasteiger partial charge in [-0.3, -0.25) is 4.79 Å². The van der Waals surface area contributed by atoms with E-state index in [0.29, 0.717) is 18.9 Å². The average molecular weight is 358 g/mol. The van der Waals surface area contributed by atoms with Gasteiger partial charge >= 0.3 is 6.09 Å². The van der Waals surface area contributed by atoms with Gasteiger partial charge in [-0.05, 0) is 56.7 Å². The summed E-state index contributed by atoms with van der Waals surface area (Å²) in [7, 11) is 0. The van der Waals surface area contributed by atoms with Crippen LogP contribution in [-0.2, 0) is 16.0 Å². The molecular formula is C21H30N2O3. The first-order chi connectivity index (χ1) is 12.7. The lowest BCUT2D eigenvalue weighted by Crippen LogP contribution is -2.44. The number of ether oxygens (including phenoxy) is 1. The normalized spacial score (nSPS) is 22.3. The summed E-state index contributed by atoms with van der Waals surface area (Å²) in [4.78, 5) is 26.9. The summed E-state index contributed by atoms with van der Waals surface area (Å²) in [5.74, 6) is 0.462. The molecule has 3 rings (SSSR count). The maximum absolute atomic E-state index is 13.2. The van der Waals surface area contributed by atoms with Crippen LogP contribution < -0.4 is 5.32 Å². The molecule has 26 heavy (non-hydrogen) atoms. The zero-order valence-corrected chi connectivity index (χ0v) is 15.7.